The van der Waals surface area contributed by atoms with E-state index in [9.17, 15) is 13.2 Å². The summed E-state index contributed by atoms with van der Waals surface area (Å²) in [5.41, 5.74) is -0.0413. The number of hydrogen-bond donors (Lipinski definition) is 1. The molecular formula is C11H22F3N. The zero-order valence-electron chi connectivity index (χ0n) is 9.88. The Labute approximate surface area is 90.4 Å². The number of hydrogen-bond acceptors (Lipinski definition) is 1. The fourth-order valence-electron chi connectivity index (χ4n) is 1.48. The van der Waals surface area contributed by atoms with E-state index in [0.29, 0.717) is 6.54 Å². The molecule has 0 spiro atoms. The van der Waals surface area contributed by atoms with Gasteiger partial charge in [0.15, 0.2) is 0 Å². The average Bonchev–Trinajstić information content (AvgIpc) is 2.01. The Kier molecular flexibility index (Phi) is 6.25. The lowest BCUT2D eigenvalue weighted by Crippen LogP contribution is -2.36. The monoisotopic (exact) mass is 225 g/mol. The van der Waals surface area contributed by atoms with Gasteiger partial charge < -0.3 is 5.32 Å². The first-order valence-corrected chi connectivity index (χ1v) is 5.54. The molecule has 15 heavy (non-hydrogen) atoms. The van der Waals surface area contributed by atoms with Gasteiger partial charge in [-0.3, -0.25) is 0 Å². The lowest BCUT2D eigenvalue weighted by atomic mass is 9.87. The number of halogens is 3. The number of nitrogens with one attached hydrogen (secondary N) is 1. The molecule has 0 fully saturated rings. The highest BCUT2D eigenvalue weighted by molar-refractivity contribution is 4.72. The molecule has 0 saturated carbocycles. The van der Waals surface area contributed by atoms with Crippen LogP contribution in [-0.2, 0) is 0 Å². The van der Waals surface area contributed by atoms with E-state index in [4.69, 9.17) is 0 Å². The van der Waals surface area contributed by atoms with Crippen molar-refractivity contribution in [2.24, 2.45) is 5.41 Å². The number of rotatable bonds is 7. The van der Waals surface area contributed by atoms with Gasteiger partial charge >= 0.3 is 6.18 Å². The van der Waals surface area contributed by atoms with Gasteiger partial charge in [-0.1, -0.05) is 40.0 Å². The summed E-state index contributed by atoms with van der Waals surface area (Å²) < 4.78 is 35.6. The van der Waals surface area contributed by atoms with Gasteiger partial charge in [-0.05, 0) is 11.8 Å². The molecule has 1 nitrogen and oxygen atoms in total. The Balaban J connectivity index is 3.64. The minimum atomic E-state index is -4.10. The molecule has 0 unspecified atom stereocenters. The van der Waals surface area contributed by atoms with Crippen LogP contribution >= 0.6 is 0 Å². The van der Waals surface area contributed by atoms with Crippen molar-refractivity contribution in [3.8, 4) is 0 Å². The second kappa shape index (κ2) is 6.36. The predicted octanol–water partition coefficient (Wildman–Crippen LogP) is 3.74. The maximum absolute atomic E-state index is 11.9. The van der Waals surface area contributed by atoms with E-state index < -0.39 is 12.7 Å². The van der Waals surface area contributed by atoms with Crippen molar-refractivity contribution < 1.29 is 13.2 Å². The molecule has 92 valence electrons. The van der Waals surface area contributed by atoms with Crippen LogP contribution in [0.15, 0.2) is 0 Å². The van der Waals surface area contributed by atoms with E-state index >= 15 is 0 Å². The predicted molar refractivity (Wildman–Crippen MR) is 56.8 cm³/mol. The van der Waals surface area contributed by atoms with E-state index in [-0.39, 0.29) is 5.41 Å². The largest absolute Gasteiger partial charge is 0.401 e. The lowest BCUT2D eigenvalue weighted by Gasteiger charge is -2.25. The van der Waals surface area contributed by atoms with Crippen LogP contribution in [0.2, 0.25) is 0 Å². The normalized spacial score (nSPS) is 13.2. The molecule has 0 amide bonds. The molecule has 1 N–H and O–H groups in total. The second-order valence-electron chi connectivity index (χ2n) is 4.84. The molecule has 0 atom stereocenters. The Bertz CT molecular complexity index is 164. The van der Waals surface area contributed by atoms with Crippen molar-refractivity contribution in [3.05, 3.63) is 0 Å². The van der Waals surface area contributed by atoms with Gasteiger partial charge in [0.2, 0.25) is 0 Å². The molecule has 0 radical (unpaired) electrons. The summed E-state index contributed by atoms with van der Waals surface area (Å²) in [4.78, 5) is 0. The van der Waals surface area contributed by atoms with E-state index in [2.05, 4.69) is 12.2 Å². The molecule has 0 aromatic carbocycles. The van der Waals surface area contributed by atoms with Gasteiger partial charge in [-0.25, -0.2) is 0 Å². The minimum absolute atomic E-state index is 0.0413. The van der Waals surface area contributed by atoms with Crippen molar-refractivity contribution in [3.63, 3.8) is 0 Å². The Hall–Kier alpha value is -0.250. The van der Waals surface area contributed by atoms with Crippen LogP contribution in [0.3, 0.4) is 0 Å². The highest BCUT2D eigenvalue weighted by atomic mass is 19.4. The van der Waals surface area contributed by atoms with Crippen molar-refractivity contribution in [2.45, 2.75) is 52.6 Å². The van der Waals surface area contributed by atoms with Crippen molar-refractivity contribution in [2.75, 3.05) is 13.1 Å². The maximum atomic E-state index is 11.9. The van der Waals surface area contributed by atoms with Crippen LogP contribution in [0.1, 0.15) is 46.5 Å². The molecule has 0 bridgehead atoms. The number of alkyl halides is 3. The van der Waals surface area contributed by atoms with Gasteiger partial charge in [0.05, 0.1) is 6.54 Å². The topological polar surface area (TPSA) is 12.0 Å². The van der Waals surface area contributed by atoms with Gasteiger partial charge in [-0.15, -0.1) is 0 Å². The maximum Gasteiger partial charge on any atom is 0.401 e. The molecule has 0 saturated heterocycles. The fourth-order valence-corrected chi connectivity index (χ4v) is 1.48. The van der Waals surface area contributed by atoms with Crippen LogP contribution < -0.4 is 5.32 Å². The molecule has 0 aromatic heterocycles. The van der Waals surface area contributed by atoms with Crippen molar-refractivity contribution >= 4 is 0 Å². The SMILES string of the molecule is CCCCCC(C)(C)CNCC(F)(F)F. The molecule has 0 rings (SSSR count). The van der Waals surface area contributed by atoms with Gasteiger partial charge in [-0.2, -0.15) is 13.2 Å². The fraction of sp³-hybridized carbons (Fsp3) is 1.00. The summed E-state index contributed by atoms with van der Waals surface area (Å²) >= 11 is 0. The summed E-state index contributed by atoms with van der Waals surface area (Å²) in [6.07, 6.45) is 0.275. The van der Waals surface area contributed by atoms with E-state index in [1.807, 2.05) is 13.8 Å². The molecule has 0 aliphatic carbocycles. The van der Waals surface area contributed by atoms with Gasteiger partial charge in [0.25, 0.3) is 0 Å². The zero-order valence-corrected chi connectivity index (χ0v) is 9.88. The van der Waals surface area contributed by atoms with Crippen LogP contribution in [0.5, 0.6) is 0 Å². The Morgan fingerprint density at radius 2 is 1.60 bits per heavy atom. The number of unbranched alkanes of at least 4 members (excludes halogenated alkanes) is 2. The Morgan fingerprint density at radius 3 is 2.07 bits per heavy atom. The van der Waals surface area contributed by atoms with Crippen LogP contribution in [0.25, 0.3) is 0 Å². The first-order valence-electron chi connectivity index (χ1n) is 5.54. The smallest absolute Gasteiger partial charge is 0.308 e. The molecule has 0 aliphatic rings. The third kappa shape index (κ3) is 10.0. The standard InChI is InChI=1S/C11H22F3N/c1-4-5-6-7-10(2,3)8-15-9-11(12,13)14/h15H,4-9H2,1-3H3. The van der Waals surface area contributed by atoms with Gasteiger partial charge in [0, 0.05) is 6.54 Å². The molecular weight excluding hydrogens is 203 g/mol. The van der Waals surface area contributed by atoms with E-state index in [0.717, 1.165) is 25.7 Å². The summed E-state index contributed by atoms with van der Waals surface area (Å²) in [6.45, 7) is 5.67. The zero-order chi connectivity index (χ0) is 11.9. The lowest BCUT2D eigenvalue weighted by molar-refractivity contribution is -0.125. The van der Waals surface area contributed by atoms with Crippen molar-refractivity contribution in [1.29, 1.82) is 0 Å². The van der Waals surface area contributed by atoms with E-state index in [1.165, 1.54) is 0 Å². The Morgan fingerprint density at radius 1 is 1.00 bits per heavy atom. The summed E-state index contributed by atoms with van der Waals surface area (Å²) in [6, 6.07) is 0. The molecule has 4 heteroatoms. The molecule has 0 heterocycles. The third-order valence-corrected chi connectivity index (χ3v) is 2.39. The van der Waals surface area contributed by atoms with Gasteiger partial charge in [0.1, 0.15) is 0 Å². The summed E-state index contributed by atoms with van der Waals surface area (Å²) in [5.74, 6) is 0. The van der Waals surface area contributed by atoms with Crippen LogP contribution in [0, 0.1) is 5.41 Å². The molecule has 0 aliphatic heterocycles. The molecule has 0 aromatic rings. The highest BCUT2D eigenvalue weighted by Gasteiger charge is 2.27. The summed E-state index contributed by atoms with van der Waals surface area (Å²) in [5, 5.41) is 2.47. The minimum Gasteiger partial charge on any atom is -0.308 e. The van der Waals surface area contributed by atoms with Crippen LogP contribution in [-0.4, -0.2) is 19.3 Å². The highest BCUT2D eigenvalue weighted by Crippen LogP contribution is 2.23. The van der Waals surface area contributed by atoms with Crippen molar-refractivity contribution in [1.82, 2.24) is 5.32 Å². The summed E-state index contributed by atoms with van der Waals surface area (Å²) in [7, 11) is 0. The first kappa shape index (κ1) is 14.8. The first-order chi connectivity index (χ1) is 6.77. The van der Waals surface area contributed by atoms with E-state index in [1.54, 1.807) is 0 Å². The van der Waals surface area contributed by atoms with Crippen LogP contribution in [0.4, 0.5) is 13.2 Å². The quantitative estimate of drug-likeness (QED) is 0.651. The third-order valence-electron chi connectivity index (χ3n) is 2.39. The second-order valence-corrected chi connectivity index (χ2v) is 4.84. The average molecular weight is 225 g/mol.